The lowest BCUT2D eigenvalue weighted by Crippen LogP contribution is -2.21. The number of carbonyl (C=O) groups excluding carboxylic acids is 1. The number of hydrogen-bond acceptors (Lipinski definition) is 5. The van der Waals surface area contributed by atoms with E-state index in [4.69, 9.17) is 20.4 Å². The molecule has 4 rings (SSSR count). The molecule has 0 atom stereocenters. The third kappa shape index (κ3) is 3.31. The van der Waals surface area contributed by atoms with E-state index in [2.05, 4.69) is 10.3 Å². The summed E-state index contributed by atoms with van der Waals surface area (Å²) in [5.74, 6) is 1.26. The van der Waals surface area contributed by atoms with Crippen LogP contribution >= 0.6 is 22.9 Å². The van der Waals surface area contributed by atoms with Gasteiger partial charge >= 0.3 is 0 Å². The number of halogens is 1. The van der Waals surface area contributed by atoms with Gasteiger partial charge in [0, 0.05) is 15.8 Å². The molecule has 0 fully saturated rings. The number of hydrogen-bond donors (Lipinski definition) is 1. The van der Waals surface area contributed by atoms with E-state index in [1.165, 1.54) is 0 Å². The Morgan fingerprint density at radius 2 is 2.12 bits per heavy atom. The molecule has 7 heteroatoms. The van der Waals surface area contributed by atoms with Crippen LogP contribution < -0.4 is 5.32 Å². The predicted octanol–water partition coefficient (Wildman–Crippen LogP) is 5.04. The molecule has 3 aromatic heterocycles. The largest absolute Gasteiger partial charge is 0.458 e. The Balaban J connectivity index is 1.45. The van der Waals surface area contributed by atoms with E-state index in [0.29, 0.717) is 22.1 Å². The van der Waals surface area contributed by atoms with Crippen LogP contribution in [0.5, 0.6) is 0 Å². The summed E-state index contributed by atoms with van der Waals surface area (Å²) in [7, 11) is 0. The maximum atomic E-state index is 12.3. The Bertz CT molecular complexity index is 1060. The maximum Gasteiger partial charge on any atom is 0.287 e. The van der Waals surface area contributed by atoms with Gasteiger partial charge in [-0.1, -0.05) is 11.6 Å². The van der Waals surface area contributed by atoms with E-state index in [0.717, 1.165) is 16.1 Å². The van der Waals surface area contributed by atoms with E-state index >= 15 is 0 Å². The minimum atomic E-state index is -0.310. The molecule has 1 aromatic carbocycles. The first kappa shape index (κ1) is 15.9. The third-order valence-electron chi connectivity index (χ3n) is 3.66. The van der Waals surface area contributed by atoms with Gasteiger partial charge in [0.1, 0.15) is 17.0 Å². The van der Waals surface area contributed by atoms with Crippen LogP contribution in [0.3, 0.4) is 0 Å². The highest BCUT2D eigenvalue weighted by molar-refractivity contribution is 7.09. The molecule has 0 radical (unpaired) electrons. The second-order valence-electron chi connectivity index (χ2n) is 5.49. The number of rotatable bonds is 4. The zero-order chi connectivity index (χ0) is 17.4. The van der Waals surface area contributed by atoms with Crippen LogP contribution in [0.1, 0.15) is 21.3 Å². The normalized spacial score (nSPS) is 11.1. The fraction of sp³-hybridized carbons (Fsp3) is 0.111. The van der Waals surface area contributed by atoms with Crippen LogP contribution in [-0.2, 0) is 6.54 Å². The zero-order valence-corrected chi connectivity index (χ0v) is 14.8. The molecule has 1 N–H and O–H groups in total. The molecule has 5 nitrogen and oxygen atoms in total. The highest BCUT2D eigenvalue weighted by Gasteiger charge is 2.14. The average molecular weight is 373 g/mol. The summed E-state index contributed by atoms with van der Waals surface area (Å²) in [6, 6.07) is 10.6. The van der Waals surface area contributed by atoms with Gasteiger partial charge in [-0.25, -0.2) is 4.98 Å². The number of benzene rings is 1. The van der Waals surface area contributed by atoms with Gasteiger partial charge in [0.2, 0.25) is 0 Å². The number of aryl methyl sites for hydroxylation is 1. The third-order valence-corrected chi connectivity index (χ3v) is 4.67. The van der Waals surface area contributed by atoms with Gasteiger partial charge in [-0.2, -0.15) is 0 Å². The molecule has 0 saturated heterocycles. The van der Waals surface area contributed by atoms with E-state index in [-0.39, 0.29) is 18.2 Å². The Labute approximate surface area is 152 Å². The van der Waals surface area contributed by atoms with Crippen molar-refractivity contribution in [1.82, 2.24) is 10.3 Å². The molecule has 0 unspecified atom stereocenters. The average Bonchev–Trinajstić information content (AvgIpc) is 3.30. The SMILES string of the molecule is Cc1nc(-c2ccc(CNC(=O)c3cc4cc(Cl)ccc4o3)o2)cs1. The van der Waals surface area contributed by atoms with Crippen LogP contribution in [0.25, 0.3) is 22.4 Å². The molecule has 0 aliphatic carbocycles. The Morgan fingerprint density at radius 3 is 2.92 bits per heavy atom. The molecule has 25 heavy (non-hydrogen) atoms. The van der Waals surface area contributed by atoms with E-state index < -0.39 is 0 Å². The summed E-state index contributed by atoms with van der Waals surface area (Å²) in [4.78, 5) is 16.6. The summed E-state index contributed by atoms with van der Waals surface area (Å²) in [5.41, 5.74) is 1.42. The lowest BCUT2D eigenvalue weighted by molar-refractivity contribution is 0.0922. The zero-order valence-electron chi connectivity index (χ0n) is 13.2. The quantitative estimate of drug-likeness (QED) is 0.544. The number of amides is 1. The molecule has 0 saturated carbocycles. The number of carbonyl (C=O) groups is 1. The van der Waals surface area contributed by atoms with E-state index in [1.54, 1.807) is 35.6 Å². The van der Waals surface area contributed by atoms with Crippen LogP contribution in [0.2, 0.25) is 5.02 Å². The standard InChI is InChI=1S/C18H13ClN2O3S/c1-10-21-14(9-25-10)16-5-3-13(23-16)8-20-18(22)17-7-11-6-12(19)2-4-15(11)24-17/h2-7,9H,8H2,1H3,(H,20,22). The fourth-order valence-electron chi connectivity index (χ4n) is 2.47. The lowest BCUT2D eigenvalue weighted by Gasteiger charge is -2.00. The number of fused-ring (bicyclic) bond motifs is 1. The molecule has 126 valence electrons. The Kier molecular flexibility index (Phi) is 4.07. The van der Waals surface area contributed by atoms with Crippen LogP contribution in [0.4, 0.5) is 0 Å². The molecule has 0 aliphatic rings. The molecule has 1 amide bonds. The summed E-state index contributed by atoms with van der Waals surface area (Å²) >= 11 is 7.51. The fourth-order valence-corrected chi connectivity index (χ4v) is 3.25. The second kappa shape index (κ2) is 6.38. The van der Waals surface area contributed by atoms with Crippen molar-refractivity contribution in [2.24, 2.45) is 0 Å². The van der Waals surface area contributed by atoms with Gasteiger partial charge in [-0.15, -0.1) is 11.3 Å². The minimum Gasteiger partial charge on any atom is -0.458 e. The first-order valence-electron chi connectivity index (χ1n) is 7.57. The topological polar surface area (TPSA) is 68.3 Å². The number of nitrogens with one attached hydrogen (secondary N) is 1. The summed E-state index contributed by atoms with van der Waals surface area (Å²) in [6.45, 7) is 2.21. The summed E-state index contributed by atoms with van der Waals surface area (Å²) in [5, 5.41) is 7.09. The van der Waals surface area contributed by atoms with E-state index in [1.807, 2.05) is 24.4 Å². The Hall–Kier alpha value is -2.57. The summed E-state index contributed by atoms with van der Waals surface area (Å²) in [6.07, 6.45) is 0. The first-order chi connectivity index (χ1) is 12.1. The molecular formula is C18H13ClN2O3S. The van der Waals surface area contributed by atoms with Gasteiger partial charge in [0.05, 0.1) is 11.6 Å². The van der Waals surface area contributed by atoms with Crippen LogP contribution in [-0.4, -0.2) is 10.9 Å². The summed E-state index contributed by atoms with van der Waals surface area (Å²) < 4.78 is 11.3. The van der Waals surface area contributed by atoms with Crippen molar-refractivity contribution in [3.63, 3.8) is 0 Å². The molecular weight excluding hydrogens is 360 g/mol. The first-order valence-corrected chi connectivity index (χ1v) is 8.83. The van der Waals surface area contributed by atoms with E-state index in [9.17, 15) is 4.79 Å². The monoisotopic (exact) mass is 372 g/mol. The number of nitrogens with zero attached hydrogens (tertiary/aromatic N) is 1. The lowest BCUT2D eigenvalue weighted by atomic mass is 10.2. The Morgan fingerprint density at radius 1 is 1.24 bits per heavy atom. The van der Waals surface area contributed by atoms with Gasteiger partial charge in [0.25, 0.3) is 5.91 Å². The van der Waals surface area contributed by atoms with Crippen molar-refractivity contribution >= 4 is 39.8 Å². The van der Waals surface area contributed by atoms with Crippen molar-refractivity contribution in [3.05, 3.63) is 63.3 Å². The van der Waals surface area contributed by atoms with Gasteiger partial charge in [-0.05, 0) is 43.3 Å². The highest BCUT2D eigenvalue weighted by Crippen LogP contribution is 2.25. The number of thiazole rings is 1. The van der Waals surface area contributed by atoms with Crippen molar-refractivity contribution in [1.29, 1.82) is 0 Å². The smallest absolute Gasteiger partial charge is 0.287 e. The molecule has 0 bridgehead atoms. The van der Waals surface area contributed by atoms with Crippen molar-refractivity contribution < 1.29 is 13.6 Å². The van der Waals surface area contributed by atoms with Crippen molar-refractivity contribution in [3.8, 4) is 11.5 Å². The van der Waals surface area contributed by atoms with Gasteiger partial charge in [-0.3, -0.25) is 4.79 Å². The van der Waals surface area contributed by atoms with Crippen LogP contribution in [0, 0.1) is 6.92 Å². The predicted molar refractivity (Wildman–Crippen MR) is 96.9 cm³/mol. The minimum absolute atomic E-state index is 0.235. The maximum absolute atomic E-state index is 12.3. The molecule has 4 aromatic rings. The number of furan rings is 2. The molecule has 3 heterocycles. The van der Waals surface area contributed by atoms with Crippen molar-refractivity contribution in [2.75, 3.05) is 0 Å². The second-order valence-corrected chi connectivity index (χ2v) is 6.99. The van der Waals surface area contributed by atoms with Crippen molar-refractivity contribution in [2.45, 2.75) is 13.5 Å². The number of aromatic nitrogens is 1. The van der Waals surface area contributed by atoms with Gasteiger partial charge in [0.15, 0.2) is 11.5 Å². The molecule has 0 spiro atoms. The van der Waals surface area contributed by atoms with Crippen LogP contribution in [0.15, 0.2) is 50.6 Å². The van der Waals surface area contributed by atoms with Gasteiger partial charge < -0.3 is 14.2 Å². The molecule has 0 aliphatic heterocycles. The highest BCUT2D eigenvalue weighted by atomic mass is 35.5.